The Morgan fingerprint density at radius 3 is 2.37 bits per heavy atom. The van der Waals surface area contributed by atoms with Crippen LogP contribution in [0.15, 0.2) is 33.8 Å². The normalized spacial score (nSPS) is 19.1. The highest BCUT2D eigenvalue weighted by Gasteiger charge is 2.34. The Kier molecular flexibility index (Phi) is 4.82. The van der Waals surface area contributed by atoms with E-state index in [1.807, 2.05) is 6.92 Å². The Bertz CT molecular complexity index is 512. The highest BCUT2D eigenvalue weighted by molar-refractivity contribution is 8.00. The van der Waals surface area contributed by atoms with E-state index in [0.717, 1.165) is 38.9 Å². The molecule has 0 aromatic carbocycles. The van der Waals surface area contributed by atoms with Crippen molar-refractivity contribution in [3.63, 3.8) is 0 Å². The molecule has 0 amide bonds. The van der Waals surface area contributed by atoms with Crippen LogP contribution in [-0.2, 0) is 19.3 Å². The molecule has 0 saturated carbocycles. The standard InChI is InChI=1S/C14H20O4S/c1-2-17-9-5-3-4-6-10-18-13-11-12-7-8-14(13)19(12,15)16/h7-8,11H,2-6,9-10H2,1H3. The van der Waals surface area contributed by atoms with E-state index in [1.165, 1.54) is 0 Å². The van der Waals surface area contributed by atoms with E-state index in [4.69, 9.17) is 9.47 Å². The van der Waals surface area contributed by atoms with Gasteiger partial charge in [-0.05, 0) is 38.3 Å². The second kappa shape index (κ2) is 6.39. The van der Waals surface area contributed by atoms with E-state index in [-0.39, 0.29) is 0 Å². The highest BCUT2D eigenvalue weighted by Crippen LogP contribution is 2.37. The first-order valence-corrected chi connectivity index (χ1v) is 8.24. The molecule has 0 aliphatic carbocycles. The van der Waals surface area contributed by atoms with Gasteiger partial charge in [0.2, 0.25) is 9.84 Å². The van der Waals surface area contributed by atoms with Gasteiger partial charge in [-0.2, -0.15) is 0 Å². The second-order valence-electron chi connectivity index (χ2n) is 4.57. The van der Waals surface area contributed by atoms with Crippen LogP contribution in [0.4, 0.5) is 0 Å². The van der Waals surface area contributed by atoms with Crippen LogP contribution in [0.1, 0.15) is 32.6 Å². The third-order valence-corrected chi connectivity index (χ3v) is 4.95. The maximum absolute atomic E-state index is 11.7. The highest BCUT2D eigenvalue weighted by atomic mass is 32.2. The van der Waals surface area contributed by atoms with Crippen LogP contribution in [0.2, 0.25) is 0 Å². The molecule has 0 aromatic heterocycles. The van der Waals surface area contributed by atoms with Gasteiger partial charge in [0.1, 0.15) is 10.7 Å². The Balaban J connectivity index is 1.63. The maximum atomic E-state index is 11.7. The minimum absolute atomic E-state index is 0.318. The summed E-state index contributed by atoms with van der Waals surface area (Å²) in [5, 5.41) is 0. The number of unbranched alkanes of at least 4 members (excludes halogenated alkanes) is 3. The lowest BCUT2D eigenvalue weighted by atomic mass is 10.2. The van der Waals surface area contributed by atoms with Crippen LogP contribution in [0.5, 0.6) is 0 Å². The zero-order chi connectivity index (χ0) is 13.7. The first-order chi connectivity index (χ1) is 9.16. The fraction of sp³-hybridized carbons (Fsp3) is 0.571. The maximum Gasteiger partial charge on any atom is 0.210 e. The molecule has 2 bridgehead atoms. The zero-order valence-electron chi connectivity index (χ0n) is 11.2. The number of hydrogen-bond acceptors (Lipinski definition) is 4. The Hall–Kier alpha value is -1.07. The minimum atomic E-state index is -3.21. The van der Waals surface area contributed by atoms with Crippen molar-refractivity contribution >= 4 is 9.84 Å². The van der Waals surface area contributed by atoms with Gasteiger partial charge in [0.25, 0.3) is 0 Å². The summed E-state index contributed by atoms with van der Waals surface area (Å²) < 4.78 is 34.2. The third-order valence-electron chi connectivity index (χ3n) is 3.16. The molecule has 19 heavy (non-hydrogen) atoms. The minimum Gasteiger partial charge on any atom is -0.492 e. The molecule has 4 nitrogen and oxygen atoms in total. The molecular formula is C14H20O4S. The molecule has 106 valence electrons. The monoisotopic (exact) mass is 284 g/mol. The molecule has 0 saturated heterocycles. The zero-order valence-corrected chi connectivity index (χ0v) is 12.0. The van der Waals surface area contributed by atoms with Gasteiger partial charge in [-0.3, -0.25) is 0 Å². The van der Waals surface area contributed by atoms with Crippen LogP contribution in [0.25, 0.3) is 0 Å². The summed E-state index contributed by atoms with van der Waals surface area (Å²) in [7, 11) is -3.21. The molecule has 0 fully saturated rings. The van der Waals surface area contributed by atoms with Crippen LogP contribution < -0.4 is 0 Å². The van der Waals surface area contributed by atoms with Crippen LogP contribution in [-0.4, -0.2) is 28.2 Å². The van der Waals surface area contributed by atoms with Crippen LogP contribution in [0.3, 0.4) is 0 Å². The summed E-state index contributed by atoms with van der Waals surface area (Å²) in [5.41, 5.74) is 0. The smallest absolute Gasteiger partial charge is 0.210 e. The number of hydrogen-bond donors (Lipinski definition) is 0. The quantitative estimate of drug-likeness (QED) is 0.611. The van der Waals surface area contributed by atoms with Crippen molar-refractivity contribution in [1.29, 1.82) is 0 Å². The summed E-state index contributed by atoms with van der Waals surface area (Å²) in [6.45, 7) is 4.16. The average Bonchev–Trinajstić information content (AvgIpc) is 2.81. The van der Waals surface area contributed by atoms with E-state index in [2.05, 4.69) is 0 Å². The summed E-state index contributed by atoms with van der Waals surface area (Å²) in [5.74, 6) is 0.506. The first kappa shape index (κ1) is 14.3. The van der Waals surface area contributed by atoms with E-state index in [0.29, 0.717) is 22.2 Å². The fourth-order valence-corrected chi connectivity index (χ4v) is 3.50. The van der Waals surface area contributed by atoms with Gasteiger partial charge in [0.15, 0.2) is 0 Å². The number of sulfone groups is 1. The van der Waals surface area contributed by atoms with Crippen molar-refractivity contribution in [3.05, 3.63) is 33.8 Å². The van der Waals surface area contributed by atoms with Crippen molar-refractivity contribution < 1.29 is 17.9 Å². The molecule has 5 heteroatoms. The van der Waals surface area contributed by atoms with Crippen LogP contribution >= 0.6 is 0 Å². The lowest BCUT2D eigenvalue weighted by Gasteiger charge is -2.07. The predicted octanol–water partition coefficient (Wildman–Crippen LogP) is 2.69. The summed E-state index contributed by atoms with van der Waals surface area (Å²) >= 11 is 0. The lowest BCUT2D eigenvalue weighted by Crippen LogP contribution is -1.98. The van der Waals surface area contributed by atoms with E-state index < -0.39 is 9.84 Å². The Morgan fingerprint density at radius 2 is 1.79 bits per heavy atom. The first-order valence-electron chi connectivity index (χ1n) is 6.76. The number of allylic oxidation sites excluding steroid dienone is 3. The van der Waals surface area contributed by atoms with E-state index in [9.17, 15) is 8.42 Å². The Labute approximate surface area is 114 Å². The topological polar surface area (TPSA) is 52.6 Å². The van der Waals surface area contributed by atoms with Gasteiger partial charge in [-0.1, -0.05) is 6.42 Å². The summed E-state index contributed by atoms with van der Waals surface area (Å²) in [4.78, 5) is 0.674. The van der Waals surface area contributed by atoms with Crippen LogP contribution in [0, 0.1) is 0 Å². The molecule has 0 N–H and O–H groups in total. The third kappa shape index (κ3) is 3.28. The average molecular weight is 284 g/mol. The number of fused-ring (bicyclic) bond motifs is 2. The van der Waals surface area contributed by atoms with Gasteiger partial charge >= 0.3 is 0 Å². The molecule has 0 aromatic rings. The number of rotatable bonds is 9. The molecule has 2 heterocycles. The molecule has 0 radical (unpaired) electrons. The predicted molar refractivity (Wildman–Crippen MR) is 74.1 cm³/mol. The van der Waals surface area contributed by atoms with Crippen molar-refractivity contribution in [2.75, 3.05) is 19.8 Å². The molecule has 0 atom stereocenters. The SMILES string of the molecule is CCOCCCCCCOC1=C2C=CC(=C1)S2(=O)=O. The van der Waals surface area contributed by atoms with Gasteiger partial charge in [-0.15, -0.1) is 0 Å². The van der Waals surface area contributed by atoms with Crippen molar-refractivity contribution in [3.8, 4) is 0 Å². The summed E-state index contributed by atoms with van der Waals surface area (Å²) in [6.07, 6.45) is 9.05. The van der Waals surface area contributed by atoms with Crippen molar-refractivity contribution in [2.45, 2.75) is 32.6 Å². The molecule has 2 aliphatic heterocycles. The van der Waals surface area contributed by atoms with Gasteiger partial charge in [-0.25, -0.2) is 8.42 Å². The molecule has 2 rings (SSSR count). The van der Waals surface area contributed by atoms with Crippen molar-refractivity contribution in [2.24, 2.45) is 0 Å². The van der Waals surface area contributed by atoms with Gasteiger partial charge < -0.3 is 9.47 Å². The van der Waals surface area contributed by atoms with Gasteiger partial charge in [0, 0.05) is 19.3 Å². The molecule has 2 aliphatic rings. The van der Waals surface area contributed by atoms with E-state index >= 15 is 0 Å². The summed E-state index contributed by atoms with van der Waals surface area (Å²) in [6, 6.07) is 0. The molecular weight excluding hydrogens is 264 g/mol. The molecule has 0 unspecified atom stereocenters. The fourth-order valence-electron chi connectivity index (χ4n) is 2.10. The second-order valence-corrected chi connectivity index (χ2v) is 6.49. The Morgan fingerprint density at radius 1 is 1.05 bits per heavy atom. The molecule has 0 spiro atoms. The van der Waals surface area contributed by atoms with Gasteiger partial charge in [0.05, 0.1) is 11.5 Å². The largest absolute Gasteiger partial charge is 0.492 e. The number of ether oxygens (including phenoxy) is 2. The lowest BCUT2D eigenvalue weighted by molar-refractivity contribution is 0.141. The van der Waals surface area contributed by atoms with E-state index in [1.54, 1.807) is 18.2 Å². The van der Waals surface area contributed by atoms with Crippen molar-refractivity contribution in [1.82, 2.24) is 0 Å².